The largest absolute Gasteiger partial charge is 0.370 e. The van der Waals surface area contributed by atoms with Crippen LogP contribution in [0.4, 0.5) is 10.2 Å². The smallest absolute Gasteiger partial charge is 0.132 e. The second-order valence-electron chi connectivity index (χ2n) is 3.85. The van der Waals surface area contributed by atoms with E-state index in [1.165, 1.54) is 12.4 Å². The first-order chi connectivity index (χ1) is 8.63. The number of aromatic nitrogens is 2. The lowest BCUT2D eigenvalue weighted by molar-refractivity contribution is 0.630. The van der Waals surface area contributed by atoms with Crippen molar-refractivity contribution in [3.05, 3.63) is 40.4 Å². The maximum absolute atomic E-state index is 13.9. The molecular formula is C13H13BrFN3. The van der Waals surface area contributed by atoms with Crippen LogP contribution >= 0.6 is 15.9 Å². The Balaban J connectivity index is 2.57. The topological polar surface area (TPSA) is 37.8 Å². The summed E-state index contributed by atoms with van der Waals surface area (Å²) in [5.74, 6) is 0.448. The molecule has 1 aromatic heterocycles. The molecule has 2 rings (SSSR count). The van der Waals surface area contributed by atoms with Gasteiger partial charge in [-0.25, -0.2) is 14.4 Å². The lowest BCUT2D eigenvalue weighted by Gasteiger charge is -2.11. The summed E-state index contributed by atoms with van der Waals surface area (Å²) >= 11 is 3.34. The predicted octanol–water partition coefficient (Wildman–Crippen LogP) is 3.79. The molecular weight excluding hydrogens is 297 g/mol. The fourth-order valence-electron chi connectivity index (χ4n) is 1.75. The Labute approximate surface area is 114 Å². The minimum atomic E-state index is -0.289. The third-order valence-electron chi connectivity index (χ3n) is 2.61. The van der Waals surface area contributed by atoms with Crippen LogP contribution < -0.4 is 5.32 Å². The molecule has 18 heavy (non-hydrogen) atoms. The Morgan fingerprint density at radius 2 is 2.11 bits per heavy atom. The fourth-order valence-corrected chi connectivity index (χ4v) is 2.11. The molecule has 0 amide bonds. The van der Waals surface area contributed by atoms with Gasteiger partial charge in [0.15, 0.2) is 0 Å². The molecule has 3 nitrogen and oxygen atoms in total. The van der Waals surface area contributed by atoms with Crippen molar-refractivity contribution in [3.63, 3.8) is 0 Å². The van der Waals surface area contributed by atoms with Gasteiger partial charge in [0.2, 0.25) is 0 Å². The van der Waals surface area contributed by atoms with E-state index in [2.05, 4.69) is 31.2 Å². The van der Waals surface area contributed by atoms with Gasteiger partial charge in [-0.15, -0.1) is 0 Å². The van der Waals surface area contributed by atoms with Gasteiger partial charge in [0.05, 0.1) is 5.69 Å². The summed E-state index contributed by atoms with van der Waals surface area (Å²) in [5, 5.41) is 3.13. The molecule has 1 aromatic carbocycles. The second-order valence-corrected chi connectivity index (χ2v) is 4.77. The molecule has 0 spiro atoms. The first-order valence-electron chi connectivity index (χ1n) is 5.64. The third kappa shape index (κ3) is 2.51. The van der Waals surface area contributed by atoms with Crippen LogP contribution in [0.3, 0.4) is 0 Å². The second kappa shape index (κ2) is 5.44. The van der Waals surface area contributed by atoms with E-state index in [-0.39, 0.29) is 5.82 Å². The molecule has 5 heteroatoms. The first kappa shape index (κ1) is 13.0. The van der Waals surface area contributed by atoms with Crippen molar-refractivity contribution in [2.45, 2.75) is 13.8 Å². The van der Waals surface area contributed by atoms with E-state index >= 15 is 0 Å². The fraction of sp³-hybridized carbons (Fsp3) is 0.231. The van der Waals surface area contributed by atoms with E-state index in [0.29, 0.717) is 11.3 Å². The zero-order chi connectivity index (χ0) is 13.1. The quantitative estimate of drug-likeness (QED) is 0.937. The van der Waals surface area contributed by atoms with Gasteiger partial charge in [0.25, 0.3) is 0 Å². The van der Waals surface area contributed by atoms with Gasteiger partial charge in [-0.05, 0) is 32.0 Å². The van der Waals surface area contributed by atoms with Crippen molar-refractivity contribution >= 4 is 21.7 Å². The molecule has 0 aliphatic rings. The molecule has 0 atom stereocenters. The van der Waals surface area contributed by atoms with Crippen molar-refractivity contribution in [2.75, 3.05) is 11.9 Å². The van der Waals surface area contributed by atoms with Crippen LogP contribution in [0.1, 0.15) is 12.5 Å². The third-order valence-corrected chi connectivity index (χ3v) is 3.11. The highest BCUT2D eigenvalue weighted by molar-refractivity contribution is 9.10. The SMILES string of the molecule is CCNc1ncnc(-c2cc(Br)ccc2F)c1C. The molecule has 94 valence electrons. The molecule has 0 saturated heterocycles. The number of rotatable bonds is 3. The van der Waals surface area contributed by atoms with E-state index in [1.54, 1.807) is 12.1 Å². The Bertz CT molecular complexity index is 572. The van der Waals surface area contributed by atoms with Crippen LogP contribution in [0.25, 0.3) is 11.3 Å². The zero-order valence-corrected chi connectivity index (χ0v) is 11.8. The molecule has 0 unspecified atom stereocenters. The highest BCUT2D eigenvalue weighted by atomic mass is 79.9. The number of halogens is 2. The number of hydrogen-bond acceptors (Lipinski definition) is 3. The van der Waals surface area contributed by atoms with E-state index in [1.807, 2.05) is 13.8 Å². The zero-order valence-electron chi connectivity index (χ0n) is 10.2. The predicted molar refractivity (Wildman–Crippen MR) is 74.0 cm³/mol. The Morgan fingerprint density at radius 1 is 1.33 bits per heavy atom. The Morgan fingerprint density at radius 3 is 2.83 bits per heavy atom. The first-order valence-corrected chi connectivity index (χ1v) is 6.43. The molecule has 0 radical (unpaired) electrons. The molecule has 0 bridgehead atoms. The lowest BCUT2D eigenvalue weighted by atomic mass is 10.1. The van der Waals surface area contributed by atoms with Gasteiger partial charge in [-0.3, -0.25) is 0 Å². The number of hydrogen-bond donors (Lipinski definition) is 1. The van der Waals surface area contributed by atoms with Crippen molar-refractivity contribution in [1.29, 1.82) is 0 Å². The number of nitrogens with zero attached hydrogens (tertiary/aromatic N) is 2. The van der Waals surface area contributed by atoms with Gasteiger partial charge in [0, 0.05) is 22.1 Å². The maximum atomic E-state index is 13.9. The average Bonchev–Trinajstić information content (AvgIpc) is 2.35. The molecule has 2 aromatic rings. The van der Waals surface area contributed by atoms with Gasteiger partial charge >= 0.3 is 0 Å². The molecule has 1 heterocycles. The number of benzene rings is 1. The van der Waals surface area contributed by atoms with Crippen LogP contribution in [0.2, 0.25) is 0 Å². The number of anilines is 1. The minimum Gasteiger partial charge on any atom is -0.370 e. The molecule has 0 fully saturated rings. The highest BCUT2D eigenvalue weighted by Gasteiger charge is 2.12. The summed E-state index contributed by atoms with van der Waals surface area (Å²) in [6.45, 7) is 4.63. The molecule has 0 aliphatic heterocycles. The molecule has 0 aliphatic carbocycles. The van der Waals surface area contributed by atoms with Gasteiger partial charge in [-0.2, -0.15) is 0 Å². The van der Waals surface area contributed by atoms with Crippen LogP contribution in [0.15, 0.2) is 29.0 Å². The van der Waals surface area contributed by atoms with E-state index in [4.69, 9.17) is 0 Å². The number of nitrogens with one attached hydrogen (secondary N) is 1. The van der Waals surface area contributed by atoms with E-state index in [9.17, 15) is 4.39 Å². The summed E-state index contributed by atoms with van der Waals surface area (Å²) in [6, 6.07) is 4.81. The minimum absolute atomic E-state index is 0.289. The van der Waals surface area contributed by atoms with E-state index < -0.39 is 0 Å². The molecule has 1 N–H and O–H groups in total. The van der Waals surface area contributed by atoms with Gasteiger partial charge in [-0.1, -0.05) is 15.9 Å². The molecule has 0 saturated carbocycles. The van der Waals surface area contributed by atoms with Gasteiger partial charge in [0.1, 0.15) is 18.0 Å². The van der Waals surface area contributed by atoms with Crippen molar-refractivity contribution in [3.8, 4) is 11.3 Å². The van der Waals surface area contributed by atoms with Crippen LogP contribution in [-0.4, -0.2) is 16.5 Å². The van der Waals surface area contributed by atoms with E-state index in [0.717, 1.165) is 22.4 Å². The van der Waals surface area contributed by atoms with Crippen LogP contribution in [-0.2, 0) is 0 Å². The lowest BCUT2D eigenvalue weighted by Crippen LogP contribution is -2.04. The summed E-state index contributed by atoms with van der Waals surface area (Å²) in [5.41, 5.74) is 1.93. The normalized spacial score (nSPS) is 10.4. The maximum Gasteiger partial charge on any atom is 0.132 e. The van der Waals surface area contributed by atoms with Crippen molar-refractivity contribution in [1.82, 2.24) is 9.97 Å². The average molecular weight is 310 g/mol. The van der Waals surface area contributed by atoms with Gasteiger partial charge < -0.3 is 5.32 Å². The summed E-state index contributed by atoms with van der Waals surface area (Å²) in [7, 11) is 0. The van der Waals surface area contributed by atoms with Crippen molar-refractivity contribution in [2.24, 2.45) is 0 Å². The summed E-state index contributed by atoms with van der Waals surface area (Å²) in [4.78, 5) is 8.33. The van der Waals surface area contributed by atoms with Crippen LogP contribution in [0, 0.1) is 12.7 Å². The highest BCUT2D eigenvalue weighted by Crippen LogP contribution is 2.29. The van der Waals surface area contributed by atoms with Crippen LogP contribution in [0.5, 0.6) is 0 Å². The summed E-state index contributed by atoms with van der Waals surface area (Å²) < 4.78 is 14.7. The Kier molecular flexibility index (Phi) is 3.91. The summed E-state index contributed by atoms with van der Waals surface area (Å²) in [6.07, 6.45) is 1.45. The van der Waals surface area contributed by atoms with Crippen molar-refractivity contribution < 1.29 is 4.39 Å². The standard InChI is InChI=1S/C13H13BrFN3/c1-3-16-13-8(2)12(17-7-18-13)10-6-9(14)4-5-11(10)15/h4-7H,3H2,1-2H3,(H,16,17,18). The monoisotopic (exact) mass is 309 g/mol. The Hall–Kier alpha value is -1.49.